The number of anilines is 1. The number of amides is 1. The second-order valence-corrected chi connectivity index (χ2v) is 9.75. The number of rotatable bonds is 6. The molecule has 0 saturated carbocycles. The van der Waals surface area contributed by atoms with Crippen molar-refractivity contribution in [2.24, 2.45) is 0 Å². The number of aromatic nitrogens is 3. The molecule has 0 spiro atoms. The van der Waals surface area contributed by atoms with Crippen LogP contribution in [0.4, 0.5) is 5.82 Å². The Balaban J connectivity index is 1.24. The van der Waals surface area contributed by atoms with Gasteiger partial charge in [0.05, 0.1) is 22.8 Å². The van der Waals surface area contributed by atoms with Crippen molar-refractivity contribution < 1.29 is 4.79 Å². The Hall–Kier alpha value is -2.68. The van der Waals surface area contributed by atoms with Crippen LogP contribution in [0.5, 0.6) is 0 Å². The second-order valence-electron chi connectivity index (χ2n) is 8.81. The zero-order valence-electron chi connectivity index (χ0n) is 18.8. The summed E-state index contributed by atoms with van der Waals surface area (Å²) in [5.74, 6) is 1.09. The molecule has 0 bridgehead atoms. The van der Waals surface area contributed by atoms with Crippen LogP contribution in [0.25, 0.3) is 22.1 Å². The van der Waals surface area contributed by atoms with Gasteiger partial charge < -0.3 is 10.2 Å². The molecule has 8 heteroatoms. The van der Waals surface area contributed by atoms with E-state index in [1.165, 1.54) is 32.4 Å². The molecule has 2 aliphatic heterocycles. The summed E-state index contributed by atoms with van der Waals surface area (Å²) in [4.78, 5) is 32.5. The van der Waals surface area contributed by atoms with Crippen molar-refractivity contribution in [2.45, 2.75) is 38.1 Å². The highest BCUT2D eigenvalue weighted by atomic mass is 32.1. The van der Waals surface area contributed by atoms with Gasteiger partial charge in [0.1, 0.15) is 5.82 Å². The van der Waals surface area contributed by atoms with E-state index in [1.54, 1.807) is 23.6 Å². The summed E-state index contributed by atoms with van der Waals surface area (Å²) in [5.41, 5.74) is 1.46. The molecule has 3 aromatic heterocycles. The maximum Gasteiger partial charge on any atom is 0.239 e. The number of carbonyl (C=O) groups excluding carboxylic acids is 1. The molecule has 3 aromatic rings. The van der Waals surface area contributed by atoms with Crippen molar-refractivity contribution in [2.75, 3.05) is 38.0 Å². The molecule has 0 unspecified atom stereocenters. The minimum absolute atomic E-state index is 0.0331. The number of hydrogen-bond acceptors (Lipinski definition) is 7. The summed E-state index contributed by atoms with van der Waals surface area (Å²) < 4.78 is 0. The molecule has 5 rings (SSSR count). The molecule has 0 aromatic carbocycles. The fourth-order valence-electron chi connectivity index (χ4n) is 4.78. The van der Waals surface area contributed by atoms with Gasteiger partial charge in [0.2, 0.25) is 5.91 Å². The lowest BCUT2D eigenvalue weighted by Crippen LogP contribution is -2.48. The average Bonchev–Trinajstić information content (AvgIpc) is 3.41. The van der Waals surface area contributed by atoms with Crippen LogP contribution in [0.1, 0.15) is 32.1 Å². The van der Waals surface area contributed by atoms with Crippen molar-refractivity contribution in [3.8, 4) is 22.1 Å². The van der Waals surface area contributed by atoms with Crippen LogP contribution in [0.2, 0.25) is 0 Å². The molecule has 0 radical (unpaired) electrons. The van der Waals surface area contributed by atoms with Crippen LogP contribution in [0.3, 0.4) is 0 Å². The van der Waals surface area contributed by atoms with Crippen LogP contribution in [0, 0.1) is 0 Å². The van der Waals surface area contributed by atoms with Gasteiger partial charge in [-0.1, -0.05) is 18.6 Å². The second kappa shape index (κ2) is 10.5. The predicted octanol–water partition coefficient (Wildman–Crippen LogP) is 4.16. The predicted molar refractivity (Wildman–Crippen MR) is 132 cm³/mol. The lowest BCUT2D eigenvalue weighted by molar-refractivity contribution is -0.117. The number of nitrogens with zero attached hydrogens (tertiary/aromatic N) is 5. The molecule has 2 aliphatic rings. The minimum atomic E-state index is -0.0331. The van der Waals surface area contributed by atoms with Crippen LogP contribution in [-0.2, 0) is 4.79 Å². The summed E-state index contributed by atoms with van der Waals surface area (Å²) in [6.07, 6.45) is 8.06. The molecule has 1 N–H and O–H groups in total. The Morgan fingerprint density at radius 2 is 1.85 bits per heavy atom. The minimum Gasteiger partial charge on any atom is -0.309 e. The Labute approximate surface area is 198 Å². The largest absolute Gasteiger partial charge is 0.309 e. The van der Waals surface area contributed by atoms with Gasteiger partial charge in [-0.25, -0.2) is 9.97 Å². The molecule has 1 amide bonds. The molecule has 0 atom stereocenters. The molecule has 2 fully saturated rings. The lowest BCUT2D eigenvalue weighted by Gasteiger charge is -2.40. The van der Waals surface area contributed by atoms with Crippen LogP contribution >= 0.6 is 11.3 Å². The van der Waals surface area contributed by atoms with Gasteiger partial charge in [0, 0.05) is 31.4 Å². The van der Waals surface area contributed by atoms with Crippen LogP contribution in [-0.4, -0.2) is 69.4 Å². The molecular formula is C25H30N6OS. The number of nitrogens with one attached hydrogen (secondary N) is 1. The Kier molecular flexibility index (Phi) is 7.04. The van der Waals surface area contributed by atoms with E-state index in [0.717, 1.165) is 36.5 Å². The number of piperidine rings is 2. The first-order valence-corrected chi connectivity index (χ1v) is 12.7. The molecule has 7 nitrogen and oxygen atoms in total. The van der Waals surface area contributed by atoms with Crippen molar-refractivity contribution in [1.82, 2.24) is 24.8 Å². The summed E-state index contributed by atoms with van der Waals surface area (Å²) in [7, 11) is 0. The van der Waals surface area contributed by atoms with Gasteiger partial charge in [-0.3, -0.25) is 14.7 Å². The van der Waals surface area contributed by atoms with E-state index in [2.05, 4.69) is 25.1 Å². The fourth-order valence-corrected chi connectivity index (χ4v) is 5.44. The summed E-state index contributed by atoms with van der Waals surface area (Å²) in [6, 6.07) is 12.2. The zero-order valence-corrected chi connectivity index (χ0v) is 19.6. The summed E-state index contributed by atoms with van der Waals surface area (Å²) in [5, 5.41) is 5.01. The first kappa shape index (κ1) is 22.1. The molecule has 2 saturated heterocycles. The first-order chi connectivity index (χ1) is 16.2. The van der Waals surface area contributed by atoms with Crippen molar-refractivity contribution in [3.05, 3.63) is 48.0 Å². The average molecular weight is 463 g/mol. The number of pyridine rings is 1. The molecule has 33 heavy (non-hydrogen) atoms. The van der Waals surface area contributed by atoms with Gasteiger partial charge in [-0.05, 0) is 62.4 Å². The quantitative estimate of drug-likeness (QED) is 0.593. The van der Waals surface area contributed by atoms with Gasteiger partial charge in [0.25, 0.3) is 0 Å². The topological polar surface area (TPSA) is 74.2 Å². The first-order valence-electron chi connectivity index (χ1n) is 11.9. The number of likely N-dealkylation sites (tertiary alicyclic amines) is 2. The maximum atomic E-state index is 12.9. The van der Waals surface area contributed by atoms with E-state index in [0.29, 0.717) is 29.9 Å². The molecule has 172 valence electrons. The molecule has 5 heterocycles. The maximum absolute atomic E-state index is 12.9. The SMILES string of the molecule is O=C(CN1CCC(N2CCCCC2)CC1)Nc1cc(-c2ccccn2)nc(-c2cccs2)n1. The summed E-state index contributed by atoms with van der Waals surface area (Å²) in [6.45, 7) is 4.81. The zero-order chi connectivity index (χ0) is 22.5. The highest BCUT2D eigenvalue weighted by molar-refractivity contribution is 7.13. The Bertz CT molecular complexity index is 1040. The monoisotopic (exact) mass is 462 g/mol. The van der Waals surface area contributed by atoms with E-state index < -0.39 is 0 Å². The van der Waals surface area contributed by atoms with Crippen LogP contribution < -0.4 is 5.32 Å². The van der Waals surface area contributed by atoms with Gasteiger partial charge in [-0.2, -0.15) is 0 Å². The highest BCUT2D eigenvalue weighted by Gasteiger charge is 2.26. The van der Waals surface area contributed by atoms with Crippen molar-refractivity contribution >= 4 is 23.1 Å². The third-order valence-corrected chi connectivity index (χ3v) is 7.36. The smallest absolute Gasteiger partial charge is 0.239 e. The van der Waals surface area contributed by atoms with Crippen molar-refractivity contribution in [1.29, 1.82) is 0 Å². The summed E-state index contributed by atoms with van der Waals surface area (Å²) >= 11 is 1.58. The van der Waals surface area contributed by atoms with Gasteiger partial charge in [-0.15, -0.1) is 11.3 Å². The van der Waals surface area contributed by atoms with Crippen molar-refractivity contribution in [3.63, 3.8) is 0 Å². The number of carbonyl (C=O) groups is 1. The lowest BCUT2D eigenvalue weighted by atomic mass is 10.00. The van der Waals surface area contributed by atoms with E-state index in [9.17, 15) is 4.79 Å². The third kappa shape index (κ3) is 5.63. The Morgan fingerprint density at radius 1 is 1.00 bits per heavy atom. The van der Waals surface area contributed by atoms with E-state index in [-0.39, 0.29) is 5.91 Å². The standard InChI is InChI=1S/C25H30N6OS/c32-24(18-30-14-9-19(10-15-30)31-12-4-1-5-13-31)28-23-17-21(20-7-2-3-11-26-20)27-25(29-23)22-8-6-16-33-22/h2-3,6-8,11,16-17,19H,1,4-5,9-10,12-15,18H2,(H,27,28,29,32). The third-order valence-electron chi connectivity index (χ3n) is 6.49. The van der Waals surface area contributed by atoms with E-state index >= 15 is 0 Å². The van der Waals surface area contributed by atoms with Gasteiger partial charge >= 0.3 is 0 Å². The number of thiophene rings is 1. The van der Waals surface area contributed by atoms with E-state index in [1.807, 2.05) is 35.7 Å². The fraction of sp³-hybridized carbons (Fsp3) is 0.440. The number of hydrogen-bond donors (Lipinski definition) is 1. The van der Waals surface area contributed by atoms with Crippen LogP contribution in [0.15, 0.2) is 48.0 Å². The molecule has 0 aliphatic carbocycles. The molecular weight excluding hydrogens is 432 g/mol. The Morgan fingerprint density at radius 3 is 2.58 bits per heavy atom. The normalized spacial score (nSPS) is 18.3. The van der Waals surface area contributed by atoms with Gasteiger partial charge in [0.15, 0.2) is 5.82 Å². The van der Waals surface area contributed by atoms with E-state index in [4.69, 9.17) is 4.98 Å². The highest BCUT2D eigenvalue weighted by Crippen LogP contribution is 2.26.